The van der Waals surface area contributed by atoms with Gasteiger partial charge in [0.1, 0.15) is 0 Å². The highest BCUT2D eigenvalue weighted by molar-refractivity contribution is 8.00. The van der Waals surface area contributed by atoms with E-state index >= 15 is 0 Å². The molecule has 1 aliphatic heterocycles. The second-order valence-corrected chi connectivity index (χ2v) is 7.23. The van der Waals surface area contributed by atoms with E-state index in [1.54, 1.807) is 17.8 Å². The Morgan fingerprint density at radius 2 is 2.10 bits per heavy atom. The summed E-state index contributed by atoms with van der Waals surface area (Å²) in [5.74, 6) is 0.641. The number of piperidine rings is 1. The van der Waals surface area contributed by atoms with Gasteiger partial charge in [-0.05, 0) is 50.0 Å². The number of amides is 1. The highest BCUT2D eigenvalue weighted by atomic mass is 35.5. The molecule has 6 heteroatoms. The Hall–Kier alpha value is -0.420. The molecule has 1 fully saturated rings. The summed E-state index contributed by atoms with van der Waals surface area (Å²) in [5.41, 5.74) is 1.01. The summed E-state index contributed by atoms with van der Waals surface area (Å²) in [6.07, 6.45) is 3.02. The lowest BCUT2D eigenvalue weighted by atomic mass is 10.1. The summed E-state index contributed by atoms with van der Waals surface area (Å²) >= 11 is 13.7. The molecule has 116 valence electrons. The Bertz CT molecular complexity index is 479. The molecule has 2 N–H and O–H groups in total. The Labute approximate surface area is 140 Å². The van der Waals surface area contributed by atoms with Gasteiger partial charge in [0.25, 0.3) is 0 Å². The Morgan fingerprint density at radius 3 is 2.81 bits per heavy atom. The Morgan fingerprint density at radius 1 is 1.33 bits per heavy atom. The van der Waals surface area contributed by atoms with Crippen molar-refractivity contribution in [1.29, 1.82) is 0 Å². The third-order valence-corrected chi connectivity index (χ3v) is 5.43. The van der Waals surface area contributed by atoms with Crippen LogP contribution in [-0.4, -0.2) is 36.5 Å². The number of nitrogens with one attached hydrogen (secondary N) is 2. The van der Waals surface area contributed by atoms with Crippen molar-refractivity contribution in [1.82, 2.24) is 10.6 Å². The zero-order chi connectivity index (χ0) is 15.1. The molecule has 1 heterocycles. The van der Waals surface area contributed by atoms with Crippen molar-refractivity contribution in [3.8, 4) is 0 Å². The number of rotatable bonds is 6. The maximum absolute atomic E-state index is 11.8. The Balaban J connectivity index is 1.64. The van der Waals surface area contributed by atoms with E-state index < -0.39 is 0 Å². The summed E-state index contributed by atoms with van der Waals surface area (Å²) in [6, 6.07) is 5.45. The molecule has 1 aromatic rings. The number of hydrogen-bond donors (Lipinski definition) is 2. The molecule has 0 aromatic heterocycles. The van der Waals surface area contributed by atoms with E-state index in [0.29, 0.717) is 27.6 Å². The van der Waals surface area contributed by atoms with Crippen LogP contribution in [0.15, 0.2) is 18.2 Å². The topological polar surface area (TPSA) is 41.1 Å². The molecule has 0 atom stereocenters. The molecule has 1 aliphatic rings. The quantitative estimate of drug-likeness (QED) is 0.831. The van der Waals surface area contributed by atoms with Gasteiger partial charge < -0.3 is 10.6 Å². The van der Waals surface area contributed by atoms with Gasteiger partial charge in [0.2, 0.25) is 5.91 Å². The van der Waals surface area contributed by atoms with Crippen LogP contribution in [0, 0.1) is 0 Å². The van der Waals surface area contributed by atoms with Crippen LogP contribution < -0.4 is 10.6 Å². The lowest BCUT2D eigenvalue weighted by Gasteiger charge is -2.21. The first-order chi connectivity index (χ1) is 10.1. The van der Waals surface area contributed by atoms with E-state index in [1.165, 1.54) is 0 Å². The van der Waals surface area contributed by atoms with Crippen LogP contribution in [0.1, 0.15) is 18.4 Å². The fourth-order valence-corrected chi connectivity index (χ4v) is 3.83. The van der Waals surface area contributed by atoms with E-state index in [2.05, 4.69) is 10.6 Å². The smallest absolute Gasteiger partial charge is 0.230 e. The van der Waals surface area contributed by atoms with Crippen molar-refractivity contribution in [2.45, 2.75) is 24.5 Å². The number of hydrogen-bond acceptors (Lipinski definition) is 3. The molecule has 1 amide bonds. The lowest BCUT2D eigenvalue weighted by Crippen LogP contribution is -2.32. The van der Waals surface area contributed by atoms with Crippen LogP contribution in [-0.2, 0) is 11.2 Å². The fourth-order valence-electron chi connectivity index (χ4n) is 2.27. The van der Waals surface area contributed by atoms with Crippen molar-refractivity contribution >= 4 is 40.9 Å². The molecule has 0 aliphatic carbocycles. The summed E-state index contributed by atoms with van der Waals surface area (Å²) in [6.45, 7) is 2.73. The molecule has 0 spiro atoms. The van der Waals surface area contributed by atoms with Crippen LogP contribution in [0.5, 0.6) is 0 Å². The average Bonchev–Trinajstić information content (AvgIpc) is 2.48. The van der Waals surface area contributed by atoms with Crippen molar-refractivity contribution in [3.63, 3.8) is 0 Å². The van der Waals surface area contributed by atoms with Crippen LogP contribution in [0.3, 0.4) is 0 Å². The molecule has 2 rings (SSSR count). The lowest BCUT2D eigenvalue weighted by molar-refractivity contribution is -0.118. The molecule has 0 unspecified atom stereocenters. The van der Waals surface area contributed by atoms with Crippen molar-refractivity contribution in [2.24, 2.45) is 0 Å². The molecular weight excluding hydrogens is 327 g/mol. The van der Waals surface area contributed by atoms with Crippen LogP contribution >= 0.6 is 35.0 Å². The maximum Gasteiger partial charge on any atom is 0.230 e. The van der Waals surface area contributed by atoms with Gasteiger partial charge in [0.15, 0.2) is 0 Å². The van der Waals surface area contributed by atoms with E-state index in [0.717, 1.165) is 37.9 Å². The van der Waals surface area contributed by atoms with Crippen molar-refractivity contribution in [3.05, 3.63) is 33.8 Å². The minimum Gasteiger partial charge on any atom is -0.355 e. The fraction of sp³-hybridized carbons (Fsp3) is 0.533. The van der Waals surface area contributed by atoms with Gasteiger partial charge in [0, 0.05) is 21.8 Å². The van der Waals surface area contributed by atoms with E-state index in [-0.39, 0.29) is 5.91 Å². The Kier molecular flexibility index (Phi) is 7.17. The van der Waals surface area contributed by atoms with Gasteiger partial charge in [-0.2, -0.15) is 0 Å². The summed E-state index contributed by atoms with van der Waals surface area (Å²) < 4.78 is 0. The van der Waals surface area contributed by atoms with Gasteiger partial charge in [0.05, 0.1) is 5.75 Å². The first-order valence-electron chi connectivity index (χ1n) is 7.18. The minimum absolute atomic E-state index is 0.101. The molecular formula is C15H20Cl2N2OS. The number of thioether (sulfide) groups is 1. The average molecular weight is 347 g/mol. The van der Waals surface area contributed by atoms with E-state index in [4.69, 9.17) is 23.2 Å². The second-order valence-electron chi connectivity index (χ2n) is 5.10. The summed E-state index contributed by atoms with van der Waals surface area (Å²) in [4.78, 5) is 11.8. The molecule has 21 heavy (non-hydrogen) atoms. The van der Waals surface area contributed by atoms with Gasteiger partial charge >= 0.3 is 0 Å². The SMILES string of the molecule is O=C(CSC1CCNCC1)NCCc1ccc(Cl)cc1Cl. The summed E-state index contributed by atoms with van der Waals surface area (Å²) in [7, 11) is 0. The standard InChI is InChI=1S/C15H20Cl2N2OS/c16-12-2-1-11(14(17)9-12)3-8-19-15(20)10-21-13-4-6-18-7-5-13/h1-2,9,13,18H,3-8,10H2,(H,19,20). The van der Waals surface area contributed by atoms with E-state index in [9.17, 15) is 4.79 Å². The predicted octanol–water partition coefficient (Wildman–Crippen LogP) is 3.14. The van der Waals surface area contributed by atoms with Gasteiger partial charge in [-0.3, -0.25) is 4.79 Å². The molecule has 1 saturated heterocycles. The second kappa shape index (κ2) is 8.89. The molecule has 0 radical (unpaired) electrons. The first-order valence-corrected chi connectivity index (χ1v) is 8.98. The zero-order valence-corrected chi connectivity index (χ0v) is 14.2. The van der Waals surface area contributed by atoms with Crippen molar-refractivity contribution < 1.29 is 4.79 Å². The maximum atomic E-state index is 11.8. The number of benzene rings is 1. The first kappa shape index (κ1) is 16.9. The van der Waals surface area contributed by atoms with Gasteiger partial charge in [-0.1, -0.05) is 29.3 Å². The molecule has 1 aromatic carbocycles. The molecule has 0 saturated carbocycles. The van der Waals surface area contributed by atoms with Gasteiger partial charge in [-0.25, -0.2) is 0 Å². The van der Waals surface area contributed by atoms with Crippen LogP contribution in [0.4, 0.5) is 0 Å². The van der Waals surface area contributed by atoms with Crippen LogP contribution in [0.25, 0.3) is 0 Å². The third kappa shape index (κ3) is 6.07. The normalized spacial score (nSPS) is 15.9. The molecule has 0 bridgehead atoms. The minimum atomic E-state index is 0.101. The van der Waals surface area contributed by atoms with E-state index in [1.807, 2.05) is 12.1 Å². The largest absolute Gasteiger partial charge is 0.355 e. The van der Waals surface area contributed by atoms with Crippen molar-refractivity contribution in [2.75, 3.05) is 25.4 Å². The highest BCUT2D eigenvalue weighted by Gasteiger charge is 2.14. The highest BCUT2D eigenvalue weighted by Crippen LogP contribution is 2.21. The monoisotopic (exact) mass is 346 g/mol. The van der Waals surface area contributed by atoms with Gasteiger partial charge in [-0.15, -0.1) is 11.8 Å². The summed E-state index contributed by atoms with van der Waals surface area (Å²) in [5, 5.41) is 8.17. The third-order valence-electron chi connectivity index (χ3n) is 3.47. The number of halogens is 2. The number of carbonyl (C=O) groups is 1. The predicted molar refractivity (Wildman–Crippen MR) is 91.5 cm³/mol. The molecule has 3 nitrogen and oxygen atoms in total. The van der Waals surface area contributed by atoms with Crippen LogP contribution in [0.2, 0.25) is 10.0 Å². The number of carbonyl (C=O) groups excluding carboxylic acids is 1. The zero-order valence-electron chi connectivity index (χ0n) is 11.8.